The smallest absolute Gasteiger partial charge is 0.340 e. The largest absolute Gasteiger partial charge is 0.461 e. The molecular formula is C24H37BrN2O3. The summed E-state index contributed by atoms with van der Waals surface area (Å²) in [6, 6.07) is 0. The van der Waals surface area contributed by atoms with E-state index >= 15 is 0 Å². The fourth-order valence-electron chi connectivity index (χ4n) is 4.98. The van der Waals surface area contributed by atoms with Gasteiger partial charge in [-0.25, -0.2) is 4.79 Å². The first-order valence-electron chi connectivity index (χ1n) is 11.2. The van der Waals surface area contributed by atoms with Crippen LogP contribution < -0.4 is 4.90 Å². The summed E-state index contributed by atoms with van der Waals surface area (Å²) < 4.78 is 12.9. The molecule has 1 atom stereocenters. The highest BCUT2D eigenvalue weighted by Crippen LogP contribution is 2.49. The fraction of sp³-hybridized carbons (Fsp3) is 0.750. The molecule has 6 heteroatoms. The molecule has 3 rings (SSSR count). The summed E-state index contributed by atoms with van der Waals surface area (Å²) in [5.74, 6) is -0.350. The molecule has 2 fully saturated rings. The van der Waals surface area contributed by atoms with Crippen LogP contribution in [0.4, 0.5) is 5.69 Å². The number of esters is 1. The van der Waals surface area contributed by atoms with Crippen molar-refractivity contribution in [3.63, 3.8) is 0 Å². The van der Waals surface area contributed by atoms with Crippen molar-refractivity contribution in [1.82, 2.24) is 4.98 Å². The van der Waals surface area contributed by atoms with Gasteiger partial charge in [0.25, 0.3) is 0 Å². The van der Waals surface area contributed by atoms with E-state index in [1.807, 2.05) is 48.5 Å². The Labute approximate surface area is 190 Å². The number of anilines is 1. The monoisotopic (exact) mass is 480 g/mol. The number of carbonyl (C=O) groups excluding carboxylic acids is 1. The van der Waals surface area contributed by atoms with Crippen molar-refractivity contribution >= 4 is 27.6 Å². The molecule has 1 spiro atoms. The molecule has 0 N–H and O–H groups in total. The van der Waals surface area contributed by atoms with Gasteiger partial charge in [0.2, 0.25) is 0 Å². The van der Waals surface area contributed by atoms with Crippen LogP contribution in [0.25, 0.3) is 0 Å². The van der Waals surface area contributed by atoms with Gasteiger partial charge in [-0.2, -0.15) is 0 Å². The van der Waals surface area contributed by atoms with Crippen molar-refractivity contribution in [1.29, 1.82) is 0 Å². The van der Waals surface area contributed by atoms with Crippen LogP contribution >= 0.6 is 15.9 Å². The number of pyridine rings is 1. The highest BCUT2D eigenvalue weighted by Gasteiger charge is 2.43. The van der Waals surface area contributed by atoms with Gasteiger partial charge in [-0.05, 0) is 89.1 Å². The molecule has 1 aliphatic carbocycles. The van der Waals surface area contributed by atoms with Gasteiger partial charge in [-0.15, -0.1) is 0 Å². The predicted molar refractivity (Wildman–Crippen MR) is 124 cm³/mol. The van der Waals surface area contributed by atoms with Crippen molar-refractivity contribution < 1.29 is 14.3 Å². The van der Waals surface area contributed by atoms with Gasteiger partial charge >= 0.3 is 5.97 Å². The maximum Gasteiger partial charge on any atom is 0.340 e. The van der Waals surface area contributed by atoms with E-state index in [2.05, 4.69) is 20.8 Å². The van der Waals surface area contributed by atoms with Crippen LogP contribution in [0.2, 0.25) is 0 Å². The van der Waals surface area contributed by atoms with Crippen LogP contribution in [-0.4, -0.2) is 35.7 Å². The van der Waals surface area contributed by atoms with Gasteiger partial charge in [0.15, 0.2) is 6.10 Å². The summed E-state index contributed by atoms with van der Waals surface area (Å²) in [4.78, 5) is 20.4. The number of aromatic nitrogens is 1. The van der Waals surface area contributed by atoms with Crippen LogP contribution in [-0.2, 0) is 14.3 Å². The average Bonchev–Trinajstić information content (AvgIpc) is 3.24. The van der Waals surface area contributed by atoms with Crippen molar-refractivity contribution in [3.05, 3.63) is 21.4 Å². The second kappa shape index (κ2) is 8.78. The Bertz CT molecular complexity index is 795. The molecule has 30 heavy (non-hydrogen) atoms. The third-order valence-electron chi connectivity index (χ3n) is 6.22. The highest BCUT2D eigenvalue weighted by molar-refractivity contribution is 9.10. The predicted octanol–water partition coefficient (Wildman–Crippen LogP) is 6.04. The lowest BCUT2D eigenvalue weighted by atomic mass is 9.86. The number of carbonyl (C=O) groups is 1. The van der Waals surface area contributed by atoms with E-state index in [1.165, 1.54) is 32.1 Å². The Kier molecular flexibility index (Phi) is 6.88. The summed E-state index contributed by atoms with van der Waals surface area (Å²) in [7, 11) is 0. The van der Waals surface area contributed by atoms with Crippen LogP contribution in [0, 0.1) is 19.3 Å². The van der Waals surface area contributed by atoms with E-state index in [-0.39, 0.29) is 12.1 Å². The molecular weight excluding hydrogens is 444 g/mol. The Hall–Kier alpha value is -1.14. The second-order valence-corrected chi connectivity index (χ2v) is 11.1. The van der Waals surface area contributed by atoms with E-state index in [0.717, 1.165) is 40.2 Å². The minimum absolute atomic E-state index is 0.206. The van der Waals surface area contributed by atoms with E-state index < -0.39 is 11.7 Å². The third-order valence-corrected chi connectivity index (χ3v) is 7.17. The first kappa shape index (κ1) is 23.5. The molecule has 1 aromatic heterocycles. The summed E-state index contributed by atoms with van der Waals surface area (Å²) in [6.45, 7) is 15.7. The van der Waals surface area contributed by atoms with E-state index in [0.29, 0.717) is 5.41 Å². The lowest BCUT2D eigenvalue weighted by Crippen LogP contribution is -2.33. The molecule has 1 aromatic rings. The highest BCUT2D eigenvalue weighted by atomic mass is 79.9. The molecule has 1 saturated heterocycles. The molecule has 2 aliphatic rings. The summed E-state index contributed by atoms with van der Waals surface area (Å²) in [5, 5.41) is 0. The van der Waals surface area contributed by atoms with Crippen LogP contribution in [0.5, 0.6) is 0 Å². The van der Waals surface area contributed by atoms with E-state index in [1.54, 1.807) is 0 Å². The molecule has 0 aromatic carbocycles. The number of rotatable bonds is 5. The number of aryl methyl sites for hydroxylation is 2. The van der Waals surface area contributed by atoms with Crippen molar-refractivity contribution in [2.24, 2.45) is 5.41 Å². The second-order valence-electron chi connectivity index (χ2n) is 10.3. The Balaban J connectivity index is 2.09. The topological polar surface area (TPSA) is 51.7 Å². The summed E-state index contributed by atoms with van der Waals surface area (Å²) in [6.07, 6.45) is 5.45. The molecule has 0 amide bonds. The van der Waals surface area contributed by atoms with Crippen LogP contribution in [0.15, 0.2) is 4.47 Å². The third kappa shape index (κ3) is 5.01. The normalized spacial score (nSPS) is 19.7. The van der Waals surface area contributed by atoms with Gasteiger partial charge in [-0.1, -0.05) is 12.8 Å². The molecule has 168 valence electrons. The van der Waals surface area contributed by atoms with Crippen molar-refractivity contribution in [2.45, 2.75) is 98.4 Å². The van der Waals surface area contributed by atoms with Crippen molar-refractivity contribution in [3.8, 4) is 0 Å². The fourth-order valence-corrected chi connectivity index (χ4v) is 5.53. The number of hydrogen-bond donors (Lipinski definition) is 0. The minimum atomic E-state index is -0.813. The first-order valence-corrected chi connectivity index (χ1v) is 12.0. The van der Waals surface area contributed by atoms with Crippen molar-refractivity contribution in [2.75, 3.05) is 18.0 Å². The summed E-state index contributed by atoms with van der Waals surface area (Å²) >= 11 is 3.81. The Morgan fingerprint density at radius 1 is 1.13 bits per heavy atom. The number of ether oxygens (including phenoxy) is 2. The quantitative estimate of drug-likeness (QED) is 0.480. The maximum absolute atomic E-state index is 13.2. The lowest BCUT2D eigenvalue weighted by Gasteiger charge is -2.33. The number of hydrogen-bond acceptors (Lipinski definition) is 5. The molecule has 2 heterocycles. The number of halogens is 1. The van der Waals surface area contributed by atoms with Crippen LogP contribution in [0.3, 0.4) is 0 Å². The molecule has 0 radical (unpaired) electrons. The maximum atomic E-state index is 13.2. The van der Waals surface area contributed by atoms with Gasteiger partial charge < -0.3 is 14.4 Å². The summed E-state index contributed by atoms with van der Waals surface area (Å²) in [5.41, 5.74) is 3.57. The Morgan fingerprint density at radius 3 is 2.33 bits per heavy atom. The SMILES string of the molecule is Cc1nc(C)c(C(OC(C)(C)C)C(=O)OC(C)C)c(N2CCC3(CCCC3)C2)c1Br. The van der Waals surface area contributed by atoms with Gasteiger partial charge in [0.1, 0.15) is 0 Å². The van der Waals surface area contributed by atoms with Gasteiger partial charge in [0, 0.05) is 24.3 Å². The zero-order chi connectivity index (χ0) is 22.3. The lowest BCUT2D eigenvalue weighted by molar-refractivity contribution is -0.171. The standard InChI is InChI=1S/C24H37BrN2O3/c1-15(2)29-22(28)21(30-23(5,6)7)18-16(3)26-17(4)19(25)20(18)27-13-12-24(14-27)10-8-9-11-24/h15,21H,8-14H2,1-7H3. The Morgan fingerprint density at radius 2 is 1.77 bits per heavy atom. The number of nitrogens with zero attached hydrogens (tertiary/aromatic N) is 2. The zero-order valence-electron chi connectivity index (χ0n) is 19.6. The van der Waals surface area contributed by atoms with Gasteiger partial charge in [0.05, 0.1) is 27.6 Å². The minimum Gasteiger partial charge on any atom is -0.461 e. The zero-order valence-corrected chi connectivity index (χ0v) is 21.2. The van der Waals surface area contributed by atoms with E-state index in [4.69, 9.17) is 14.5 Å². The molecule has 1 saturated carbocycles. The first-order chi connectivity index (χ1) is 13.9. The van der Waals surface area contributed by atoms with Crippen LogP contribution in [0.1, 0.15) is 89.8 Å². The molecule has 1 aliphatic heterocycles. The molecule has 1 unspecified atom stereocenters. The molecule has 5 nitrogen and oxygen atoms in total. The van der Waals surface area contributed by atoms with Gasteiger partial charge in [-0.3, -0.25) is 4.98 Å². The van der Waals surface area contributed by atoms with E-state index in [9.17, 15) is 4.79 Å². The molecule has 0 bridgehead atoms. The average molecular weight is 481 g/mol.